The summed E-state index contributed by atoms with van der Waals surface area (Å²) in [7, 11) is 0. The molecule has 2 N–H and O–H groups in total. The zero-order valence-electron chi connectivity index (χ0n) is 14.1. The summed E-state index contributed by atoms with van der Waals surface area (Å²) < 4.78 is 0. The van der Waals surface area contributed by atoms with E-state index in [1.54, 1.807) is 4.90 Å². The Labute approximate surface area is 137 Å². The molecule has 1 aliphatic rings. The maximum atomic E-state index is 12.6. The highest BCUT2D eigenvalue weighted by atomic mass is 16.3. The Hall–Kier alpha value is -1.88. The number of anilines is 1. The van der Waals surface area contributed by atoms with Crippen LogP contribution in [-0.2, 0) is 9.59 Å². The molecule has 1 aromatic rings. The summed E-state index contributed by atoms with van der Waals surface area (Å²) in [6, 6.07) is 6.03. The van der Waals surface area contributed by atoms with Crippen molar-refractivity contribution in [2.24, 2.45) is 11.8 Å². The Kier molecular flexibility index (Phi) is 5.77. The maximum absolute atomic E-state index is 12.6. The van der Waals surface area contributed by atoms with Gasteiger partial charge < -0.3 is 15.3 Å². The minimum Gasteiger partial charge on any atom is -0.396 e. The molecule has 0 aliphatic carbocycles. The summed E-state index contributed by atoms with van der Waals surface area (Å²) in [5.41, 5.74) is 3.09. The van der Waals surface area contributed by atoms with E-state index in [1.807, 2.05) is 32.9 Å². The molecule has 0 spiro atoms. The summed E-state index contributed by atoms with van der Waals surface area (Å²) in [6.45, 7) is 7.15. The molecule has 0 aromatic heterocycles. The average molecular weight is 318 g/mol. The van der Waals surface area contributed by atoms with E-state index in [0.29, 0.717) is 25.9 Å². The van der Waals surface area contributed by atoms with Crippen LogP contribution in [0.3, 0.4) is 0 Å². The van der Waals surface area contributed by atoms with E-state index in [9.17, 15) is 9.59 Å². The topological polar surface area (TPSA) is 69.6 Å². The van der Waals surface area contributed by atoms with Crippen LogP contribution in [0.15, 0.2) is 18.2 Å². The average Bonchev–Trinajstić information content (AvgIpc) is 2.86. The summed E-state index contributed by atoms with van der Waals surface area (Å²) >= 11 is 0. The van der Waals surface area contributed by atoms with E-state index < -0.39 is 5.92 Å². The second kappa shape index (κ2) is 7.59. The molecule has 2 amide bonds. The Morgan fingerprint density at radius 1 is 1.35 bits per heavy atom. The molecule has 2 unspecified atom stereocenters. The van der Waals surface area contributed by atoms with Crippen molar-refractivity contribution in [3.8, 4) is 0 Å². The fraction of sp³-hybridized carbons (Fsp3) is 0.556. The number of hydrogen-bond donors (Lipinski definition) is 2. The minimum absolute atomic E-state index is 0.111. The van der Waals surface area contributed by atoms with Gasteiger partial charge in [-0.25, -0.2) is 0 Å². The van der Waals surface area contributed by atoms with E-state index in [-0.39, 0.29) is 24.3 Å². The molecule has 1 aliphatic heterocycles. The molecule has 1 fully saturated rings. The zero-order valence-corrected chi connectivity index (χ0v) is 14.1. The van der Waals surface area contributed by atoms with Gasteiger partial charge >= 0.3 is 0 Å². The number of hydrogen-bond acceptors (Lipinski definition) is 3. The summed E-state index contributed by atoms with van der Waals surface area (Å²) in [5.74, 6) is -0.720. The van der Waals surface area contributed by atoms with Gasteiger partial charge in [-0.05, 0) is 55.9 Å². The Balaban J connectivity index is 1.99. The predicted octanol–water partition coefficient (Wildman–Crippen LogP) is 1.79. The second-order valence-corrected chi connectivity index (χ2v) is 6.54. The number of aliphatic hydroxyl groups excluding tert-OH is 1. The third kappa shape index (κ3) is 4.32. The van der Waals surface area contributed by atoms with Gasteiger partial charge in [-0.15, -0.1) is 0 Å². The predicted molar refractivity (Wildman–Crippen MR) is 90.3 cm³/mol. The highest BCUT2D eigenvalue weighted by Crippen LogP contribution is 2.27. The van der Waals surface area contributed by atoms with Crippen LogP contribution < -0.4 is 10.2 Å². The molecule has 2 rings (SSSR count). The van der Waals surface area contributed by atoms with Gasteiger partial charge in [0, 0.05) is 25.4 Å². The van der Waals surface area contributed by atoms with E-state index in [2.05, 4.69) is 11.4 Å². The highest BCUT2D eigenvalue weighted by molar-refractivity contribution is 6.09. The van der Waals surface area contributed by atoms with Crippen LogP contribution >= 0.6 is 0 Å². The van der Waals surface area contributed by atoms with E-state index in [4.69, 9.17) is 5.11 Å². The van der Waals surface area contributed by atoms with Crippen LogP contribution in [0.2, 0.25) is 0 Å². The van der Waals surface area contributed by atoms with Gasteiger partial charge in [0.1, 0.15) is 5.92 Å². The number of benzene rings is 1. The number of carbonyl (C=O) groups excluding carboxylic acids is 2. The summed E-state index contributed by atoms with van der Waals surface area (Å²) in [6.07, 6.45) is 1.19. The van der Waals surface area contributed by atoms with Gasteiger partial charge in [0.05, 0.1) is 0 Å². The van der Waals surface area contributed by atoms with Crippen LogP contribution in [0.1, 0.15) is 30.9 Å². The highest BCUT2D eigenvalue weighted by Gasteiger charge is 2.37. The van der Waals surface area contributed by atoms with Gasteiger partial charge in [0.15, 0.2) is 0 Å². The van der Waals surface area contributed by atoms with Gasteiger partial charge in [-0.1, -0.05) is 13.0 Å². The number of nitrogens with zero attached hydrogens (tertiary/aromatic N) is 1. The molecule has 1 saturated heterocycles. The van der Waals surface area contributed by atoms with Crippen molar-refractivity contribution in [3.05, 3.63) is 29.3 Å². The van der Waals surface area contributed by atoms with Crippen molar-refractivity contribution < 1.29 is 14.7 Å². The molecular weight excluding hydrogens is 292 g/mol. The smallest absolute Gasteiger partial charge is 0.239 e. The molecule has 5 nitrogen and oxygen atoms in total. The van der Waals surface area contributed by atoms with E-state index in [1.165, 1.54) is 0 Å². The molecule has 1 aromatic carbocycles. The quantitative estimate of drug-likeness (QED) is 0.786. The van der Waals surface area contributed by atoms with Crippen molar-refractivity contribution in [3.63, 3.8) is 0 Å². The van der Waals surface area contributed by atoms with Crippen LogP contribution in [0, 0.1) is 25.7 Å². The molecule has 5 heteroatoms. The molecule has 126 valence electrons. The van der Waals surface area contributed by atoms with Crippen molar-refractivity contribution in [1.82, 2.24) is 5.32 Å². The summed E-state index contributed by atoms with van der Waals surface area (Å²) in [4.78, 5) is 26.5. The third-order valence-electron chi connectivity index (χ3n) is 4.29. The van der Waals surface area contributed by atoms with Crippen LogP contribution in [0.25, 0.3) is 0 Å². The Bertz CT molecular complexity index is 565. The zero-order chi connectivity index (χ0) is 17.0. The van der Waals surface area contributed by atoms with Gasteiger partial charge in [0.2, 0.25) is 11.8 Å². The van der Waals surface area contributed by atoms with Crippen molar-refractivity contribution in [1.29, 1.82) is 0 Å². The first kappa shape index (κ1) is 17.5. The number of aryl methyl sites for hydroxylation is 2. The SMILES string of the molecule is Cc1cc(C)cc(N2CCC(C(=O)NCC(C)CCO)C2=O)c1. The van der Waals surface area contributed by atoms with Crippen molar-refractivity contribution >= 4 is 17.5 Å². The van der Waals surface area contributed by atoms with E-state index >= 15 is 0 Å². The van der Waals surface area contributed by atoms with Gasteiger partial charge in [-0.2, -0.15) is 0 Å². The molecule has 0 saturated carbocycles. The first-order chi connectivity index (χ1) is 10.9. The monoisotopic (exact) mass is 318 g/mol. The number of carbonyl (C=O) groups is 2. The standard InChI is InChI=1S/C18H26N2O3/c1-12(5-7-21)11-19-17(22)16-4-6-20(18(16)23)15-9-13(2)8-14(3)10-15/h8-10,12,16,21H,4-7,11H2,1-3H3,(H,19,22). The number of nitrogens with one attached hydrogen (secondary N) is 1. The van der Waals surface area contributed by atoms with Crippen LogP contribution in [-0.4, -0.2) is 36.6 Å². The largest absolute Gasteiger partial charge is 0.396 e. The molecule has 0 radical (unpaired) electrons. The lowest BCUT2D eigenvalue weighted by atomic mass is 10.1. The van der Waals surface area contributed by atoms with Gasteiger partial charge in [-0.3, -0.25) is 9.59 Å². The molecule has 0 bridgehead atoms. The second-order valence-electron chi connectivity index (χ2n) is 6.54. The molecular formula is C18H26N2O3. The van der Waals surface area contributed by atoms with Crippen molar-refractivity contribution in [2.45, 2.75) is 33.6 Å². The number of aliphatic hydroxyl groups is 1. The first-order valence-corrected chi connectivity index (χ1v) is 8.20. The minimum atomic E-state index is -0.600. The summed E-state index contributed by atoms with van der Waals surface area (Å²) in [5, 5.41) is 11.7. The fourth-order valence-electron chi connectivity index (χ4n) is 3.01. The van der Waals surface area contributed by atoms with Crippen LogP contribution in [0.4, 0.5) is 5.69 Å². The lowest BCUT2D eigenvalue weighted by Gasteiger charge is -2.18. The normalized spacial score (nSPS) is 19.0. The molecule has 1 heterocycles. The Morgan fingerprint density at radius 2 is 2.00 bits per heavy atom. The fourth-order valence-corrected chi connectivity index (χ4v) is 3.01. The number of rotatable bonds is 6. The maximum Gasteiger partial charge on any atom is 0.239 e. The van der Waals surface area contributed by atoms with Gasteiger partial charge in [0.25, 0.3) is 0 Å². The number of amides is 2. The molecule has 23 heavy (non-hydrogen) atoms. The lowest BCUT2D eigenvalue weighted by Crippen LogP contribution is -2.38. The Morgan fingerprint density at radius 3 is 2.61 bits per heavy atom. The lowest BCUT2D eigenvalue weighted by molar-refractivity contribution is -0.132. The van der Waals surface area contributed by atoms with Crippen molar-refractivity contribution in [2.75, 3.05) is 24.6 Å². The molecule has 2 atom stereocenters. The first-order valence-electron chi connectivity index (χ1n) is 8.20. The third-order valence-corrected chi connectivity index (χ3v) is 4.29. The van der Waals surface area contributed by atoms with E-state index in [0.717, 1.165) is 16.8 Å². The van der Waals surface area contributed by atoms with Crippen LogP contribution in [0.5, 0.6) is 0 Å².